The molecule has 0 aliphatic rings. The largest absolute Gasteiger partial charge is 0.327 e. The Hall–Kier alpha value is -0.830. The Kier molecular flexibility index (Phi) is 5.53. The van der Waals surface area contributed by atoms with Crippen molar-refractivity contribution in [2.75, 3.05) is 0 Å². The van der Waals surface area contributed by atoms with E-state index in [9.17, 15) is 0 Å². The lowest BCUT2D eigenvalue weighted by atomic mass is 10.0. The van der Waals surface area contributed by atoms with Crippen LogP contribution in [0.5, 0.6) is 0 Å². The van der Waals surface area contributed by atoms with E-state index >= 15 is 0 Å². The molecular weight excluding hydrogens is 198 g/mol. The summed E-state index contributed by atoms with van der Waals surface area (Å²) in [5.74, 6) is 0. The van der Waals surface area contributed by atoms with E-state index in [1.54, 1.807) is 0 Å². The highest BCUT2D eigenvalue weighted by Crippen LogP contribution is 2.10. The molecule has 0 fully saturated rings. The molecule has 1 aromatic rings. The van der Waals surface area contributed by atoms with Gasteiger partial charge in [0.15, 0.2) is 0 Å². The molecule has 1 unspecified atom stereocenters. The van der Waals surface area contributed by atoms with Crippen molar-refractivity contribution >= 4 is 0 Å². The highest BCUT2D eigenvalue weighted by Gasteiger charge is 2.08. The van der Waals surface area contributed by atoms with Crippen molar-refractivity contribution in [3.8, 4) is 0 Å². The normalized spacial score (nSPS) is 13.0. The van der Waals surface area contributed by atoms with Crippen molar-refractivity contribution in [2.24, 2.45) is 12.8 Å². The van der Waals surface area contributed by atoms with Gasteiger partial charge in [0.25, 0.3) is 0 Å². The molecule has 0 spiro atoms. The first-order valence-corrected chi connectivity index (χ1v) is 6.44. The lowest BCUT2D eigenvalue weighted by molar-refractivity contribution is 0.539. The van der Waals surface area contributed by atoms with E-state index in [4.69, 9.17) is 5.73 Å². The third kappa shape index (κ3) is 3.97. The summed E-state index contributed by atoms with van der Waals surface area (Å²) < 4.78 is 1.97. The molecule has 92 valence electrons. The minimum Gasteiger partial charge on any atom is -0.327 e. The third-order valence-electron chi connectivity index (χ3n) is 3.04. The van der Waals surface area contributed by atoms with E-state index in [2.05, 4.69) is 25.0 Å². The second kappa shape index (κ2) is 6.69. The molecule has 0 radical (unpaired) electrons. The number of rotatable bonds is 7. The summed E-state index contributed by atoms with van der Waals surface area (Å²) in [6.45, 7) is 4.35. The van der Waals surface area contributed by atoms with Crippen molar-refractivity contribution in [3.05, 3.63) is 17.5 Å². The Balaban J connectivity index is 2.42. The quantitative estimate of drug-likeness (QED) is 0.721. The maximum Gasteiger partial charge on any atom is 0.0624 e. The van der Waals surface area contributed by atoms with Gasteiger partial charge in [-0.25, -0.2) is 0 Å². The van der Waals surface area contributed by atoms with Crippen LogP contribution in [0.2, 0.25) is 0 Å². The Labute approximate surface area is 99.0 Å². The number of aromatic nitrogens is 2. The molecule has 0 saturated heterocycles. The van der Waals surface area contributed by atoms with Crippen molar-refractivity contribution in [1.82, 2.24) is 9.78 Å². The van der Waals surface area contributed by atoms with Crippen LogP contribution < -0.4 is 5.73 Å². The van der Waals surface area contributed by atoms with Crippen LogP contribution in [0.3, 0.4) is 0 Å². The van der Waals surface area contributed by atoms with Gasteiger partial charge in [-0.2, -0.15) is 5.10 Å². The highest BCUT2D eigenvalue weighted by atomic mass is 15.3. The molecular formula is C13H25N3. The van der Waals surface area contributed by atoms with Crippen molar-refractivity contribution < 1.29 is 0 Å². The summed E-state index contributed by atoms with van der Waals surface area (Å²) in [7, 11) is 2.01. The van der Waals surface area contributed by atoms with Gasteiger partial charge in [-0.3, -0.25) is 4.68 Å². The van der Waals surface area contributed by atoms with Gasteiger partial charge < -0.3 is 5.73 Å². The summed E-state index contributed by atoms with van der Waals surface area (Å²) in [6.07, 6.45) is 6.88. The number of hydrogen-bond donors (Lipinski definition) is 1. The van der Waals surface area contributed by atoms with Crippen LogP contribution in [0.1, 0.15) is 50.9 Å². The maximum absolute atomic E-state index is 6.12. The maximum atomic E-state index is 6.12. The lowest BCUT2D eigenvalue weighted by Gasteiger charge is -2.10. The van der Waals surface area contributed by atoms with Crippen LogP contribution in [-0.2, 0) is 19.9 Å². The van der Waals surface area contributed by atoms with Crippen LogP contribution in [0.25, 0.3) is 0 Å². The van der Waals surface area contributed by atoms with Crippen LogP contribution in [-0.4, -0.2) is 15.8 Å². The molecule has 1 atom stereocenters. The summed E-state index contributed by atoms with van der Waals surface area (Å²) in [5.41, 5.74) is 8.55. The molecule has 0 bridgehead atoms. The SMILES string of the molecule is CCCCCC(N)Cc1cc(CC)nn1C. The highest BCUT2D eigenvalue weighted by molar-refractivity contribution is 5.11. The average Bonchev–Trinajstić information content (AvgIpc) is 2.60. The number of nitrogens with two attached hydrogens (primary N) is 1. The molecule has 3 nitrogen and oxygen atoms in total. The Morgan fingerprint density at radius 3 is 2.69 bits per heavy atom. The molecule has 16 heavy (non-hydrogen) atoms. The first kappa shape index (κ1) is 13.2. The first-order valence-electron chi connectivity index (χ1n) is 6.44. The fraction of sp³-hybridized carbons (Fsp3) is 0.769. The van der Waals surface area contributed by atoms with Crippen LogP contribution >= 0.6 is 0 Å². The second-order valence-corrected chi connectivity index (χ2v) is 4.56. The van der Waals surface area contributed by atoms with Crippen molar-refractivity contribution in [1.29, 1.82) is 0 Å². The van der Waals surface area contributed by atoms with E-state index in [1.165, 1.54) is 30.7 Å². The Bertz CT molecular complexity index is 304. The van der Waals surface area contributed by atoms with Crippen LogP contribution in [0.4, 0.5) is 0 Å². The van der Waals surface area contributed by atoms with Gasteiger partial charge >= 0.3 is 0 Å². The van der Waals surface area contributed by atoms with Crippen molar-refractivity contribution in [3.63, 3.8) is 0 Å². The smallest absolute Gasteiger partial charge is 0.0624 e. The van der Waals surface area contributed by atoms with Gasteiger partial charge in [-0.05, 0) is 18.9 Å². The minimum absolute atomic E-state index is 0.284. The molecule has 0 aliphatic heterocycles. The molecule has 1 rings (SSSR count). The number of hydrogen-bond acceptors (Lipinski definition) is 2. The zero-order chi connectivity index (χ0) is 12.0. The Morgan fingerprint density at radius 1 is 1.38 bits per heavy atom. The summed E-state index contributed by atoms with van der Waals surface area (Å²) >= 11 is 0. The molecule has 1 heterocycles. The number of unbranched alkanes of at least 4 members (excludes halogenated alkanes) is 2. The van der Waals surface area contributed by atoms with Crippen LogP contribution in [0, 0.1) is 0 Å². The fourth-order valence-corrected chi connectivity index (χ4v) is 1.96. The topological polar surface area (TPSA) is 43.8 Å². The minimum atomic E-state index is 0.284. The van der Waals surface area contributed by atoms with Gasteiger partial charge in [0.1, 0.15) is 0 Å². The summed E-state index contributed by atoms with van der Waals surface area (Å²) in [6, 6.07) is 2.46. The lowest BCUT2D eigenvalue weighted by Crippen LogP contribution is -2.23. The monoisotopic (exact) mass is 223 g/mol. The second-order valence-electron chi connectivity index (χ2n) is 4.56. The zero-order valence-electron chi connectivity index (χ0n) is 10.9. The van der Waals surface area contributed by atoms with Gasteiger partial charge in [-0.15, -0.1) is 0 Å². The standard InChI is InChI=1S/C13H25N3/c1-4-6-7-8-11(14)9-13-10-12(5-2)15-16(13)3/h10-11H,4-9,14H2,1-3H3. The first-order chi connectivity index (χ1) is 7.67. The van der Waals surface area contributed by atoms with E-state index in [0.29, 0.717) is 0 Å². The number of nitrogens with zero attached hydrogens (tertiary/aromatic N) is 2. The van der Waals surface area contributed by atoms with Crippen molar-refractivity contribution in [2.45, 2.75) is 58.4 Å². The molecule has 0 saturated carbocycles. The van der Waals surface area contributed by atoms with E-state index in [1.807, 2.05) is 11.7 Å². The van der Waals surface area contributed by atoms with Crippen LogP contribution in [0.15, 0.2) is 6.07 Å². The van der Waals surface area contributed by atoms with Gasteiger partial charge in [0.05, 0.1) is 5.69 Å². The summed E-state index contributed by atoms with van der Waals surface area (Å²) in [5, 5.41) is 4.44. The molecule has 3 heteroatoms. The van der Waals surface area contributed by atoms with E-state index in [0.717, 1.165) is 19.3 Å². The molecule has 0 aromatic carbocycles. The van der Waals surface area contributed by atoms with Gasteiger partial charge in [0.2, 0.25) is 0 Å². The molecule has 0 amide bonds. The molecule has 0 aliphatic carbocycles. The average molecular weight is 223 g/mol. The molecule has 2 N–H and O–H groups in total. The fourth-order valence-electron chi connectivity index (χ4n) is 1.96. The van der Waals surface area contributed by atoms with E-state index in [-0.39, 0.29) is 6.04 Å². The number of aryl methyl sites for hydroxylation is 2. The Morgan fingerprint density at radius 2 is 2.12 bits per heavy atom. The predicted molar refractivity (Wildman–Crippen MR) is 68.4 cm³/mol. The van der Waals surface area contributed by atoms with E-state index < -0.39 is 0 Å². The zero-order valence-corrected chi connectivity index (χ0v) is 10.9. The third-order valence-corrected chi connectivity index (χ3v) is 3.04. The van der Waals surface area contributed by atoms with Gasteiger partial charge in [-0.1, -0.05) is 33.1 Å². The summed E-state index contributed by atoms with van der Waals surface area (Å²) in [4.78, 5) is 0. The predicted octanol–water partition coefficient (Wildman–Crippen LogP) is 2.43. The molecule has 1 aromatic heterocycles. The van der Waals surface area contributed by atoms with Gasteiger partial charge in [0, 0.05) is 25.2 Å².